The Morgan fingerprint density at radius 1 is 1.21 bits per heavy atom. The van der Waals surface area contributed by atoms with Gasteiger partial charge in [-0.2, -0.15) is 0 Å². The third-order valence-corrected chi connectivity index (χ3v) is 6.92. The second kappa shape index (κ2) is 8.82. The number of carbonyl (C=O) groups is 2. The molecule has 0 spiro atoms. The second-order valence-electron chi connectivity index (χ2n) is 7.26. The minimum atomic E-state index is -3.13. The zero-order chi connectivity index (χ0) is 21.0. The molecule has 1 aliphatic rings. The highest BCUT2D eigenvalue weighted by Crippen LogP contribution is 2.29. The van der Waals surface area contributed by atoms with Crippen molar-refractivity contribution in [2.24, 2.45) is 0 Å². The van der Waals surface area contributed by atoms with Crippen molar-refractivity contribution in [2.75, 3.05) is 24.7 Å². The first-order valence-electron chi connectivity index (χ1n) is 9.70. The van der Waals surface area contributed by atoms with Crippen molar-refractivity contribution in [3.8, 4) is 5.75 Å². The number of hydrogen-bond acceptors (Lipinski definition) is 6. The lowest BCUT2D eigenvalue weighted by Crippen LogP contribution is -2.43. The van der Waals surface area contributed by atoms with Gasteiger partial charge in [0, 0.05) is 18.0 Å². The van der Waals surface area contributed by atoms with Gasteiger partial charge >= 0.3 is 5.97 Å². The van der Waals surface area contributed by atoms with Crippen LogP contribution >= 0.6 is 0 Å². The van der Waals surface area contributed by atoms with Crippen molar-refractivity contribution >= 4 is 32.5 Å². The summed E-state index contributed by atoms with van der Waals surface area (Å²) in [5, 5.41) is 11.7. The summed E-state index contributed by atoms with van der Waals surface area (Å²) in [5.74, 6) is -1.39. The lowest BCUT2D eigenvalue weighted by Gasteiger charge is -2.28. The van der Waals surface area contributed by atoms with Gasteiger partial charge in [-0.25, -0.2) is 13.2 Å². The molecular formula is C21H25NO6S. The number of fused-ring (bicyclic) bond motifs is 1. The van der Waals surface area contributed by atoms with Gasteiger partial charge in [0.05, 0.1) is 11.5 Å². The van der Waals surface area contributed by atoms with Crippen molar-refractivity contribution in [1.29, 1.82) is 0 Å². The van der Waals surface area contributed by atoms with Crippen LogP contribution in [0.1, 0.15) is 36.5 Å². The van der Waals surface area contributed by atoms with Gasteiger partial charge < -0.3 is 14.7 Å². The maximum atomic E-state index is 12.7. The van der Waals surface area contributed by atoms with E-state index in [9.17, 15) is 23.1 Å². The molecule has 7 nitrogen and oxygen atoms in total. The fourth-order valence-corrected chi connectivity index (χ4v) is 5.30. The number of phenolic OH excluding ortho intramolecular Hbond substituents is 1. The number of nitrogens with zero attached hydrogens (tertiary/aromatic N) is 1. The Morgan fingerprint density at radius 3 is 2.66 bits per heavy atom. The summed E-state index contributed by atoms with van der Waals surface area (Å²) in [6, 6.07) is 9.86. The molecule has 0 saturated carbocycles. The molecular weight excluding hydrogens is 394 g/mol. The zero-order valence-electron chi connectivity index (χ0n) is 16.3. The van der Waals surface area contributed by atoms with Crippen LogP contribution in [0.3, 0.4) is 0 Å². The molecule has 1 aliphatic heterocycles. The summed E-state index contributed by atoms with van der Waals surface area (Å²) in [6.07, 6.45) is 1.99. The fraction of sp³-hybridized carbons (Fsp3) is 0.429. The topological polar surface area (TPSA) is 101 Å². The van der Waals surface area contributed by atoms with E-state index in [-0.39, 0.29) is 28.9 Å². The van der Waals surface area contributed by atoms with E-state index in [1.807, 2.05) is 19.1 Å². The maximum absolute atomic E-state index is 12.7. The van der Waals surface area contributed by atoms with Crippen LogP contribution in [0.4, 0.5) is 0 Å². The molecule has 1 N–H and O–H groups in total. The fourth-order valence-electron chi connectivity index (χ4n) is 3.57. The highest BCUT2D eigenvalue weighted by molar-refractivity contribution is 7.91. The van der Waals surface area contributed by atoms with Crippen molar-refractivity contribution in [2.45, 2.75) is 32.2 Å². The van der Waals surface area contributed by atoms with E-state index in [0.717, 1.165) is 18.2 Å². The van der Waals surface area contributed by atoms with Gasteiger partial charge in [0.1, 0.15) is 11.3 Å². The predicted molar refractivity (Wildman–Crippen MR) is 110 cm³/mol. The monoisotopic (exact) mass is 419 g/mol. The summed E-state index contributed by atoms with van der Waals surface area (Å²) in [7, 11) is -3.13. The van der Waals surface area contributed by atoms with E-state index < -0.39 is 28.3 Å². The first-order valence-corrected chi connectivity index (χ1v) is 11.5. The Hall–Kier alpha value is -2.61. The molecule has 1 amide bonds. The highest BCUT2D eigenvalue weighted by atomic mass is 32.2. The second-order valence-corrected chi connectivity index (χ2v) is 9.49. The molecule has 2 aromatic rings. The number of rotatable bonds is 7. The lowest BCUT2D eigenvalue weighted by molar-refractivity contribution is -0.136. The number of carbonyl (C=O) groups excluding carboxylic acids is 2. The first kappa shape index (κ1) is 21.1. The Balaban J connectivity index is 1.69. The number of benzene rings is 2. The van der Waals surface area contributed by atoms with Gasteiger partial charge in [-0.15, -0.1) is 0 Å². The standard InChI is InChI=1S/C21H25NO6S/c1-2-3-11-22(16-10-12-29(26,27)14-16)19(23)13-28-21(25)18-9-8-15-6-4-5-7-17(15)20(18)24/h4-9,16,24H,2-3,10-14H2,1H3/t16-/m0/s1. The highest BCUT2D eigenvalue weighted by Gasteiger charge is 2.34. The zero-order valence-corrected chi connectivity index (χ0v) is 17.2. The van der Waals surface area contributed by atoms with E-state index in [1.165, 1.54) is 11.0 Å². The first-order chi connectivity index (χ1) is 13.8. The van der Waals surface area contributed by atoms with Crippen molar-refractivity contribution in [3.05, 3.63) is 42.0 Å². The molecule has 0 aromatic heterocycles. The number of ether oxygens (including phenoxy) is 1. The number of phenols is 1. The quantitative estimate of drug-likeness (QED) is 0.692. The Labute approximate surface area is 170 Å². The van der Waals surface area contributed by atoms with E-state index in [2.05, 4.69) is 0 Å². The molecule has 1 atom stereocenters. The molecule has 1 heterocycles. The van der Waals surface area contributed by atoms with E-state index in [0.29, 0.717) is 18.4 Å². The van der Waals surface area contributed by atoms with E-state index >= 15 is 0 Å². The van der Waals surface area contributed by atoms with Gasteiger partial charge in [0.15, 0.2) is 16.4 Å². The summed E-state index contributed by atoms with van der Waals surface area (Å²) in [6.45, 7) is 1.91. The van der Waals surface area contributed by atoms with Gasteiger partial charge in [-0.3, -0.25) is 4.79 Å². The van der Waals surface area contributed by atoms with Gasteiger partial charge in [-0.1, -0.05) is 43.7 Å². The van der Waals surface area contributed by atoms with Crippen molar-refractivity contribution < 1.29 is 27.9 Å². The normalized spacial score (nSPS) is 17.9. The SMILES string of the molecule is CCCCN(C(=O)COC(=O)c1ccc2ccccc2c1O)[C@H]1CCS(=O)(=O)C1. The van der Waals surface area contributed by atoms with E-state index in [4.69, 9.17) is 4.74 Å². The third-order valence-electron chi connectivity index (χ3n) is 5.17. The number of amides is 1. The number of aromatic hydroxyl groups is 1. The van der Waals surface area contributed by atoms with Crippen LogP contribution in [0.25, 0.3) is 10.8 Å². The number of unbranched alkanes of at least 4 members (excludes halogenated alkanes) is 1. The third kappa shape index (κ3) is 4.87. The molecule has 3 rings (SSSR count). The molecule has 156 valence electrons. The summed E-state index contributed by atoms with van der Waals surface area (Å²) in [4.78, 5) is 26.6. The summed E-state index contributed by atoms with van der Waals surface area (Å²) < 4.78 is 28.7. The van der Waals surface area contributed by atoms with Crippen LogP contribution in [-0.2, 0) is 19.4 Å². The smallest absolute Gasteiger partial charge is 0.342 e. The molecule has 0 aliphatic carbocycles. The van der Waals surface area contributed by atoms with Crippen LogP contribution in [0.15, 0.2) is 36.4 Å². The molecule has 0 bridgehead atoms. The van der Waals surface area contributed by atoms with Crippen LogP contribution in [0.5, 0.6) is 5.75 Å². The molecule has 29 heavy (non-hydrogen) atoms. The molecule has 1 saturated heterocycles. The number of sulfone groups is 1. The molecule has 8 heteroatoms. The van der Waals surface area contributed by atoms with Gasteiger partial charge in [0.25, 0.3) is 5.91 Å². The average molecular weight is 419 g/mol. The van der Waals surface area contributed by atoms with Crippen LogP contribution in [-0.4, -0.2) is 61.0 Å². The Kier molecular flexibility index (Phi) is 6.42. The van der Waals surface area contributed by atoms with E-state index in [1.54, 1.807) is 18.2 Å². The number of esters is 1. The summed E-state index contributed by atoms with van der Waals surface area (Å²) in [5.41, 5.74) is -0.0138. The summed E-state index contributed by atoms with van der Waals surface area (Å²) >= 11 is 0. The maximum Gasteiger partial charge on any atom is 0.342 e. The molecule has 0 unspecified atom stereocenters. The minimum Gasteiger partial charge on any atom is -0.506 e. The van der Waals surface area contributed by atoms with Crippen molar-refractivity contribution in [3.63, 3.8) is 0 Å². The van der Waals surface area contributed by atoms with Crippen LogP contribution in [0.2, 0.25) is 0 Å². The van der Waals surface area contributed by atoms with Crippen LogP contribution < -0.4 is 0 Å². The number of hydrogen-bond donors (Lipinski definition) is 1. The minimum absolute atomic E-state index is 0.0138. The lowest BCUT2D eigenvalue weighted by atomic mass is 10.1. The van der Waals surface area contributed by atoms with Gasteiger partial charge in [0.2, 0.25) is 0 Å². The predicted octanol–water partition coefficient (Wildman–Crippen LogP) is 2.52. The Morgan fingerprint density at radius 2 is 1.97 bits per heavy atom. The van der Waals surface area contributed by atoms with Crippen molar-refractivity contribution in [1.82, 2.24) is 4.90 Å². The Bertz CT molecular complexity index is 1020. The van der Waals surface area contributed by atoms with Gasteiger partial charge in [-0.05, 0) is 24.3 Å². The molecule has 2 aromatic carbocycles. The average Bonchev–Trinajstić information content (AvgIpc) is 3.06. The van der Waals surface area contributed by atoms with Crippen LogP contribution in [0, 0.1) is 0 Å². The molecule has 1 fully saturated rings. The largest absolute Gasteiger partial charge is 0.506 e. The molecule has 0 radical (unpaired) electrons.